The Morgan fingerprint density at radius 1 is 1.38 bits per heavy atom. The Morgan fingerprint density at radius 2 is 2.00 bits per heavy atom. The summed E-state index contributed by atoms with van der Waals surface area (Å²) in [5.41, 5.74) is -1.05. The number of aliphatic hydroxyl groups is 1. The number of aliphatic hydroxyl groups excluding tert-OH is 1. The van der Waals surface area contributed by atoms with Crippen LogP contribution in [0.5, 0.6) is 0 Å². The molecule has 1 aliphatic carbocycles. The molecule has 1 fully saturated rings. The molecule has 2 atom stereocenters. The number of hydrogen-bond acceptors (Lipinski definition) is 3. The predicted octanol–water partition coefficient (Wildman–Crippen LogP) is 2.18. The fraction of sp³-hybridized carbons (Fsp3) is 0.571. The van der Waals surface area contributed by atoms with Crippen molar-refractivity contribution in [1.29, 1.82) is 0 Å². The number of sulfonamides is 1. The highest BCUT2D eigenvalue weighted by Gasteiger charge is 2.39. The van der Waals surface area contributed by atoms with Gasteiger partial charge in [0.15, 0.2) is 4.90 Å². The quantitative estimate of drug-likeness (QED) is 0.894. The summed E-state index contributed by atoms with van der Waals surface area (Å²) in [5, 5.41) is 9.59. The lowest BCUT2D eigenvalue weighted by molar-refractivity contribution is 0.119. The summed E-state index contributed by atoms with van der Waals surface area (Å²) in [4.78, 5) is -0.990. The zero-order valence-corrected chi connectivity index (χ0v) is 12.6. The molecule has 0 radical (unpaired) electrons. The van der Waals surface area contributed by atoms with Crippen LogP contribution >= 0.6 is 0 Å². The fourth-order valence-electron chi connectivity index (χ4n) is 3.00. The zero-order valence-electron chi connectivity index (χ0n) is 11.8. The monoisotopic (exact) mass is 319 g/mol. The van der Waals surface area contributed by atoms with Gasteiger partial charge in [0.05, 0.1) is 12.1 Å². The summed E-state index contributed by atoms with van der Waals surface area (Å²) < 4.78 is 54.3. The molecule has 0 aliphatic heterocycles. The highest BCUT2D eigenvalue weighted by atomic mass is 32.2. The van der Waals surface area contributed by atoms with E-state index >= 15 is 0 Å². The van der Waals surface area contributed by atoms with Crippen molar-refractivity contribution < 1.29 is 22.3 Å². The number of nitrogens with one attached hydrogen (secondary N) is 1. The van der Waals surface area contributed by atoms with Crippen molar-refractivity contribution in [2.24, 2.45) is 5.92 Å². The number of halogens is 2. The van der Waals surface area contributed by atoms with Crippen molar-refractivity contribution in [3.8, 4) is 0 Å². The molecule has 0 heterocycles. The van der Waals surface area contributed by atoms with Crippen molar-refractivity contribution in [2.75, 3.05) is 6.61 Å². The minimum Gasteiger partial charge on any atom is -0.394 e. The van der Waals surface area contributed by atoms with Crippen LogP contribution in [0.3, 0.4) is 0 Å². The minimum atomic E-state index is -4.38. The minimum absolute atomic E-state index is 0.235. The van der Waals surface area contributed by atoms with Crippen molar-refractivity contribution in [3.63, 3.8) is 0 Å². The van der Waals surface area contributed by atoms with Gasteiger partial charge in [-0.05, 0) is 30.9 Å². The third kappa shape index (κ3) is 3.41. The first kappa shape index (κ1) is 16.3. The first-order chi connectivity index (χ1) is 9.80. The first-order valence-electron chi connectivity index (χ1n) is 6.88. The van der Waals surface area contributed by atoms with E-state index in [1.807, 2.05) is 6.92 Å². The van der Waals surface area contributed by atoms with Gasteiger partial charge in [0, 0.05) is 0 Å². The molecule has 0 saturated heterocycles. The van der Waals surface area contributed by atoms with E-state index in [0.29, 0.717) is 12.8 Å². The Morgan fingerprint density at radius 3 is 2.52 bits per heavy atom. The number of rotatable bonds is 4. The van der Waals surface area contributed by atoms with E-state index in [1.54, 1.807) is 0 Å². The van der Waals surface area contributed by atoms with Crippen LogP contribution in [0.2, 0.25) is 0 Å². The summed E-state index contributed by atoms with van der Waals surface area (Å²) in [5.74, 6) is -2.04. The molecule has 2 unspecified atom stereocenters. The third-order valence-corrected chi connectivity index (χ3v) is 5.56. The van der Waals surface area contributed by atoms with Crippen molar-refractivity contribution >= 4 is 10.0 Å². The average Bonchev–Trinajstić information content (AvgIpc) is 2.37. The van der Waals surface area contributed by atoms with Crippen LogP contribution in [0.4, 0.5) is 8.78 Å². The van der Waals surface area contributed by atoms with Gasteiger partial charge in [0.25, 0.3) is 0 Å². The second kappa shape index (κ2) is 5.98. The first-order valence-corrected chi connectivity index (χ1v) is 8.37. The normalized spacial score (nSPS) is 26.8. The molecule has 1 aliphatic rings. The SMILES string of the molecule is CC1CCCC(CO)(NS(=O)(=O)c2c(F)cccc2F)C1. The molecule has 0 bridgehead atoms. The van der Waals surface area contributed by atoms with E-state index in [0.717, 1.165) is 31.0 Å². The van der Waals surface area contributed by atoms with Gasteiger partial charge >= 0.3 is 0 Å². The highest BCUT2D eigenvalue weighted by molar-refractivity contribution is 7.89. The molecule has 1 aromatic carbocycles. The lowest BCUT2D eigenvalue weighted by Crippen LogP contribution is -2.53. The molecule has 118 valence electrons. The van der Waals surface area contributed by atoms with Gasteiger partial charge in [0.1, 0.15) is 11.6 Å². The molecule has 7 heteroatoms. The molecular formula is C14H19F2NO3S. The van der Waals surface area contributed by atoms with Crippen LogP contribution in [-0.2, 0) is 10.0 Å². The number of benzene rings is 1. The molecule has 0 aromatic heterocycles. The van der Waals surface area contributed by atoms with Gasteiger partial charge in [-0.3, -0.25) is 0 Å². The largest absolute Gasteiger partial charge is 0.394 e. The maximum atomic E-state index is 13.7. The van der Waals surface area contributed by atoms with Crippen LogP contribution in [0.15, 0.2) is 23.1 Å². The lowest BCUT2D eigenvalue weighted by Gasteiger charge is -2.39. The summed E-state index contributed by atoms with van der Waals surface area (Å²) >= 11 is 0. The van der Waals surface area contributed by atoms with Gasteiger partial charge in [-0.2, -0.15) is 0 Å². The van der Waals surface area contributed by atoms with E-state index in [2.05, 4.69) is 4.72 Å². The Labute approximate surface area is 123 Å². The van der Waals surface area contributed by atoms with Crippen LogP contribution in [-0.4, -0.2) is 25.7 Å². The zero-order chi connectivity index (χ0) is 15.7. The van der Waals surface area contributed by atoms with E-state index in [1.165, 1.54) is 0 Å². The molecule has 1 aromatic rings. The molecule has 0 amide bonds. The maximum absolute atomic E-state index is 13.7. The highest BCUT2D eigenvalue weighted by Crippen LogP contribution is 2.33. The van der Waals surface area contributed by atoms with Gasteiger partial charge in [-0.15, -0.1) is 0 Å². The van der Waals surface area contributed by atoms with E-state index < -0.39 is 38.7 Å². The second-order valence-electron chi connectivity index (χ2n) is 5.80. The van der Waals surface area contributed by atoms with Crippen LogP contribution in [0.1, 0.15) is 32.6 Å². The van der Waals surface area contributed by atoms with Gasteiger partial charge < -0.3 is 5.11 Å². The fourth-order valence-corrected chi connectivity index (χ4v) is 4.58. The van der Waals surface area contributed by atoms with Crippen LogP contribution in [0, 0.1) is 17.6 Å². The van der Waals surface area contributed by atoms with E-state index in [-0.39, 0.29) is 5.92 Å². The summed E-state index contributed by atoms with van der Waals surface area (Å²) in [6, 6.07) is 2.90. The molecular weight excluding hydrogens is 300 g/mol. The molecule has 0 spiro atoms. The van der Waals surface area contributed by atoms with Crippen molar-refractivity contribution in [2.45, 2.75) is 43.0 Å². The topological polar surface area (TPSA) is 66.4 Å². The van der Waals surface area contributed by atoms with Crippen LogP contribution < -0.4 is 4.72 Å². The predicted molar refractivity (Wildman–Crippen MR) is 74.1 cm³/mol. The molecule has 2 N–H and O–H groups in total. The summed E-state index contributed by atoms with van der Waals surface area (Å²) in [6.45, 7) is 1.56. The average molecular weight is 319 g/mol. The molecule has 21 heavy (non-hydrogen) atoms. The Bertz CT molecular complexity index is 600. The Balaban J connectivity index is 2.36. The summed E-state index contributed by atoms with van der Waals surface area (Å²) in [7, 11) is -4.38. The lowest BCUT2D eigenvalue weighted by atomic mass is 9.78. The standard InChI is InChI=1S/C14H19F2NO3S/c1-10-4-3-7-14(8-10,9-18)17-21(19,20)13-11(15)5-2-6-12(13)16/h2,5-6,10,17-18H,3-4,7-9H2,1H3. The maximum Gasteiger partial charge on any atom is 0.247 e. The smallest absolute Gasteiger partial charge is 0.247 e. The third-order valence-electron chi connectivity index (χ3n) is 3.93. The van der Waals surface area contributed by atoms with Crippen LogP contribution in [0.25, 0.3) is 0 Å². The van der Waals surface area contributed by atoms with Gasteiger partial charge in [-0.25, -0.2) is 21.9 Å². The second-order valence-corrected chi connectivity index (χ2v) is 7.42. The molecule has 1 saturated carbocycles. The Hall–Kier alpha value is -1.05. The number of hydrogen-bond donors (Lipinski definition) is 2. The van der Waals surface area contributed by atoms with Gasteiger partial charge in [-0.1, -0.05) is 25.8 Å². The Kier molecular flexibility index (Phi) is 4.65. The van der Waals surface area contributed by atoms with Gasteiger partial charge in [0.2, 0.25) is 10.0 Å². The molecule has 4 nitrogen and oxygen atoms in total. The molecule has 2 rings (SSSR count). The van der Waals surface area contributed by atoms with E-state index in [4.69, 9.17) is 0 Å². The van der Waals surface area contributed by atoms with E-state index in [9.17, 15) is 22.3 Å². The summed E-state index contributed by atoms with van der Waals surface area (Å²) in [6.07, 6.45) is 2.59. The van der Waals surface area contributed by atoms with Crippen molar-refractivity contribution in [1.82, 2.24) is 4.72 Å². The van der Waals surface area contributed by atoms with Crippen molar-refractivity contribution in [3.05, 3.63) is 29.8 Å².